The van der Waals surface area contributed by atoms with Gasteiger partial charge >= 0.3 is 5.97 Å². The van der Waals surface area contributed by atoms with Gasteiger partial charge in [-0.1, -0.05) is 6.92 Å². The summed E-state index contributed by atoms with van der Waals surface area (Å²) in [5, 5.41) is 14.2. The molecule has 2 N–H and O–H groups in total. The van der Waals surface area contributed by atoms with Gasteiger partial charge in [-0.25, -0.2) is 4.79 Å². The van der Waals surface area contributed by atoms with Gasteiger partial charge < -0.3 is 15.2 Å². The van der Waals surface area contributed by atoms with Gasteiger partial charge in [0.2, 0.25) is 0 Å². The molecule has 2 atom stereocenters. The molecule has 1 aromatic heterocycles. The average Bonchev–Trinajstić information content (AvgIpc) is 2.97. The van der Waals surface area contributed by atoms with E-state index in [-0.39, 0.29) is 0 Å². The molecular weight excluding hydrogens is 250 g/mol. The summed E-state index contributed by atoms with van der Waals surface area (Å²) in [6.45, 7) is 4.51. The maximum Gasteiger partial charge on any atom is 0.346 e. The van der Waals surface area contributed by atoms with Gasteiger partial charge in [0, 0.05) is 19.7 Å². The fourth-order valence-electron chi connectivity index (χ4n) is 2.43. The van der Waals surface area contributed by atoms with Crippen LogP contribution in [0.5, 0.6) is 0 Å². The topological polar surface area (TPSA) is 58.6 Å². The van der Waals surface area contributed by atoms with Crippen molar-refractivity contribution in [3.8, 4) is 0 Å². The lowest BCUT2D eigenvalue weighted by molar-refractivity contribution is 0.0700. The summed E-state index contributed by atoms with van der Waals surface area (Å²) in [7, 11) is 0. The van der Waals surface area contributed by atoms with Gasteiger partial charge in [0.05, 0.1) is 6.10 Å². The molecule has 1 saturated heterocycles. The van der Waals surface area contributed by atoms with E-state index in [0.29, 0.717) is 23.4 Å². The molecule has 0 amide bonds. The molecule has 2 rings (SSSR count). The van der Waals surface area contributed by atoms with Crippen molar-refractivity contribution in [2.75, 3.05) is 13.2 Å². The van der Waals surface area contributed by atoms with Gasteiger partial charge in [-0.05, 0) is 35.8 Å². The van der Waals surface area contributed by atoms with Crippen molar-refractivity contribution in [1.82, 2.24) is 5.32 Å². The normalized spacial score (nSPS) is 23.4. The molecule has 18 heavy (non-hydrogen) atoms. The third-order valence-electron chi connectivity index (χ3n) is 3.41. The summed E-state index contributed by atoms with van der Waals surface area (Å²) >= 11 is 1.28. The highest BCUT2D eigenvalue weighted by Gasteiger charge is 2.26. The Bertz CT molecular complexity index is 405. The highest BCUT2D eigenvalue weighted by molar-refractivity contribution is 7.12. The Morgan fingerprint density at radius 1 is 1.67 bits per heavy atom. The summed E-state index contributed by atoms with van der Waals surface area (Å²) in [5.74, 6) is -0.278. The van der Waals surface area contributed by atoms with E-state index in [9.17, 15) is 4.79 Å². The highest BCUT2D eigenvalue weighted by atomic mass is 32.1. The Labute approximate surface area is 111 Å². The van der Waals surface area contributed by atoms with Crippen LogP contribution >= 0.6 is 11.3 Å². The second kappa shape index (κ2) is 6.31. The van der Waals surface area contributed by atoms with Crippen molar-refractivity contribution in [3.63, 3.8) is 0 Å². The van der Waals surface area contributed by atoms with Crippen LogP contribution in [0.15, 0.2) is 11.4 Å². The number of hydrogen-bond acceptors (Lipinski definition) is 4. The van der Waals surface area contributed by atoms with Gasteiger partial charge in [0.25, 0.3) is 0 Å². The molecule has 0 bridgehead atoms. The van der Waals surface area contributed by atoms with Gasteiger partial charge in [-0.15, -0.1) is 11.3 Å². The van der Waals surface area contributed by atoms with E-state index in [1.165, 1.54) is 11.3 Å². The maximum absolute atomic E-state index is 11.0. The van der Waals surface area contributed by atoms with Crippen LogP contribution in [0.4, 0.5) is 0 Å². The van der Waals surface area contributed by atoms with E-state index in [4.69, 9.17) is 9.84 Å². The summed E-state index contributed by atoms with van der Waals surface area (Å²) in [6, 6.07) is 1.88. The third kappa shape index (κ3) is 3.10. The van der Waals surface area contributed by atoms with Crippen molar-refractivity contribution in [3.05, 3.63) is 21.9 Å². The molecule has 4 nitrogen and oxygen atoms in total. The number of thiophene rings is 1. The predicted octanol–water partition coefficient (Wildman–Crippen LogP) is 2.35. The predicted molar refractivity (Wildman–Crippen MR) is 71.1 cm³/mol. The minimum absolute atomic E-state index is 0.360. The van der Waals surface area contributed by atoms with Crippen molar-refractivity contribution in [2.45, 2.75) is 32.4 Å². The molecule has 0 saturated carbocycles. The number of nitrogens with one attached hydrogen (secondary N) is 1. The van der Waals surface area contributed by atoms with Crippen LogP contribution in [0.25, 0.3) is 0 Å². The van der Waals surface area contributed by atoms with Crippen LogP contribution in [-0.2, 0) is 11.3 Å². The Morgan fingerprint density at radius 3 is 3.22 bits per heavy atom. The molecule has 5 heteroatoms. The number of aromatic carboxylic acids is 1. The number of rotatable bonds is 6. The Kier molecular flexibility index (Phi) is 4.74. The Hall–Kier alpha value is -0.910. The monoisotopic (exact) mass is 269 g/mol. The molecule has 0 spiro atoms. The molecule has 2 unspecified atom stereocenters. The minimum atomic E-state index is -0.836. The number of carbonyl (C=O) groups is 1. The Balaban J connectivity index is 1.81. The largest absolute Gasteiger partial charge is 0.477 e. The fourth-order valence-corrected chi connectivity index (χ4v) is 3.19. The lowest BCUT2D eigenvalue weighted by Gasteiger charge is -2.17. The SMILES string of the molecule is CCC1OCCC1CNCc1ccsc1C(=O)O. The zero-order chi connectivity index (χ0) is 13.0. The van der Waals surface area contributed by atoms with Crippen molar-refractivity contribution >= 4 is 17.3 Å². The average molecular weight is 269 g/mol. The van der Waals surface area contributed by atoms with E-state index < -0.39 is 5.97 Å². The first-order chi connectivity index (χ1) is 8.72. The maximum atomic E-state index is 11.0. The summed E-state index contributed by atoms with van der Waals surface area (Å²) in [5.41, 5.74) is 0.875. The second-order valence-electron chi connectivity index (χ2n) is 4.58. The van der Waals surface area contributed by atoms with E-state index in [1.54, 1.807) is 0 Å². The van der Waals surface area contributed by atoms with Crippen molar-refractivity contribution in [1.29, 1.82) is 0 Å². The molecule has 1 aliphatic rings. The van der Waals surface area contributed by atoms with Crippen LogP contribution in [0.1, 0.15) is 35.0 Å². The molecular formula is C13H19NO3S. The van der Waals surface area contributed by atoms with E-state index in [2.05, 4.69) is 12.2 Å². The lowest BCUT2D eigenvalue weighted by atomic mass is 9.99. The number of carboxylic acids is 1. The minimum Gasteiger partial charge on any atom is -0.477 e. The molecule has 2 heterocycles. The summed E-state index contributed by atoms with van der Waals surface area (Å²) in [4.78, 5) is 11.4. The van der Waals surface area contributed by atoms with Crippen molar-refractivity contribution in [2.24, 2.45) is 5.92 Å². The third-order valence-corrected chi connectivity index (χ3v) is 4.36. The molecule has 1 aliphatic heterocycles. The van der Waals surface area contributed by atoms with E-state index in [1.807, 2.05) is 11.4 Å². The zero-order valence-corrected chi connectivity index (χ0v) is 11.3. The lowest BCUT2D eigenvalue weighted by Crippen LogP contribution is -2.28. The first-order valence-electron chi connectivity index (χ1n) is 6.34. The molecule has 1 aromatic rings. The summed E-state index contributed by atoms with van der Waals surface area (Å²) < 4.78 is 5.63. The van der Waals surface area contributed by atoms with Gasteiger partial charge in [0.15, 0.2) is 0 Å². The quantitative estimate of drug-likeness (QED) is 0.832. The van der Waals surface area contributed by atoms with Crippen molar-refractivity contribution < 1.29 is 14.6 Å². The smallest absolute Gasteiger partial charge is 0.346 e. The molecule has 100 valence electrons. The standard InChI is InChI=1S/C13H19NO3S/c1-2-11-9(3-5-17-11)7-14-8-10-4-6-18-12(10)13(15)16/h4,6,9,11,14H,2-3,5,7-8H2,1H3,(H,15,16). The number of hydrogen-bond donors (Lipinski definition) is 2. The second-order valence-corrected chi connectivity index (χ2v) is 5.49. The van der Waals surface area contributed by atoms with Crippen LogP contribution in [0.2, 0.25) is 0 Å². The Morgan fingerprint density at radius 2 is 2.50 bits per heavy atom. The first kappa shape index (κ1) is 13.5. The molecule has 0 radical (unpaired) electrons. The highest BCUT2D eigenvalue weighted by Crippen LogP contribution is 2.23. The van der Waals surface area contributed by atoms with Crippen LogP contribution < -0.4 is 5.32 Å². The van der Waals surface area contributed by atoms with E-state index in [0.717, 1.165) is 31.6 Å². The number of carboxylic acid groups (broad SMARTS) is 1. The zero-order valence-electron chi connectivity index (χ0n) is 10.5. The van der Waals surface area contributed by atoms with Gasteiger partial charge in [-0.3, -0.25) is 0 Å². The van der Waals surface area contributed by atoms with Crippen LogP contribution in [0.3, 0.4) is 0 Å². The fraction of sp³-hybridized carbons (Fsp3) is 0.615. The van der Waals surface area contributed by atoms with Gasteiger partial charge in [0.1, 0.15) is 4.88 Å². The van der Waals surface area contributed by atoms with Crippen LogP contribution in [-0.4, -0.2) is 30.3 Å². The first-order valence-corrected chi connectivity index (χ1v) is 7.22. The molecule has 0 aromatic carbocycles. The molecule has 0 aliphatic carbocycles. The van der Waals surface area contributed by atoms with Gasteiger partial charge in [-0.2, -0.15) is 0 Å². The summed E-state index contributed by atoms with van der Waals surface area (Å²) in [6.07, 6.45) is 2.51. The van der Waals surface area contributed by atoms with Crippen LogP contribution in [0, 0.1) is 5.92 Å². The molecule has 1 fully saturated rings. The van der Waals surface area contributed by atoms with E-state index >= 15 is 0 Å². The number of ether oxygens (including phenoxy) is 1.